The number of alkyl halides is 2. The number of carbonyl (C=O) groups excluding carboxylic acids is 4. The number of carbonyl (C=O) groups is 4. The summed E-state index contributed by atoms with van der Waals surface area (Å²) in [5.74, 6) is -1.46. The summed E-state index contributed by atoms with van der Waals surface area (Å²) in [7, 11) is 0. The molecule has 2 saturated carbocycles. The summed E-state index contributed by atoms with van der Waals surface area (Å²) in [6, 6.07) is 23.1. The normalized spacial score (nSPS) is 25.8. The zero-order valence-electron chi connectivity index (χ0n) is 23.1. The quantitative estimate of drug-likeness (QED) is 0.0983. The van der Waals surface area contributed by atoms with E-state index in [1.165, 1.54) is 4.90 Å². The lowest BCUT2D eigenvalue weighted by Gasteiger charge is -2.28. The Morgan fingerprint density at radius 2 is 1.51 bits per heavy atom. The van der Waals surface area contributed by atoms with Crippen molar-refractivity contribution in [1.82, 2.24) is 4.98 Å². The van der Waals surface area contributed by atoms with Crippen molar-refractivity contribution >= 4 is 72.0 Å². The van der Waals surface area contributed by atoms with Crippen LogP contribution in [0.2, 0.25) is 0 Å². The number of hydrogen-bond donors (Lipinski definition) is 0. The monoisotopic (exact) mass is 700 g/mol. The molecule has 2 aliphatic carbocycles. The van der Waals surface area contributed by atoms with E-state index in [1.807, 2.05) is 37.3 Å². The number of benzene rings is 3. The third kappa shape index (κ3) is 4.64. The molecule has 2 heterocycles. The predicted molar refractivity (Wildman–Crippen MR) is 169 cm³/mol. The number of imide groups is 1. The molecular formula is C34H26Br2N2O5. The Kier molecular flexibility index (Phi) is 7.05. The van der Waals surface area contributed by atoms with Crippen LogP contribution < -0.4 is 4.90 Å². The number of ether oxygens (including phenoxy) is 1. The van der Waals surface area contributed by atoms with Crippen molar-refractivity contribution in [2.24, 2.45) is 23.7 Å². The fraction of sp³-hybridized carbons (Fsp3) is 0.265. The van der Waals surface area contributed by atoms with Gasteiger partial charge in [-0.15, -0.1) is 0 Å². The number of fused-ring (bicyclic) bond motifs is 6. The van der Waals surface area contributed by atoms with Gasteiger partial charge in [0, 0.05) is 26.2 Å². The molecule has 216 valence electrons. The van der Waals surface area contributed by atoms with Gasteiger partial charge in [0.05, 0.1) is 34.3 Å². The standard InChI is InChI=1S/C34H26Br2N2O5/c1-17-6-8-19(9-7-17)27(39)16-43-34(42)22-15-26(37-25-5-3-2-4-21(22)25)18-10-12-20(13-11-18)38-32(40)28-23-14-24(29(28)33(38)41)31(36)30(23)35/h2-13,15,23-24,28-31H,14,16H2,1H3. The molecule has 3 aliphatic rings. The van der Waals surface area contributed by atoms with Crippen molar-refractivity contribution in [2.45, 2.75) is 23.0 Å². The van der Waals surface area contributed by atoms with Gasteiger partial charge in [0.25, 0.3) is 0 Å². The van der Waals surface area contributed by atoms with Gasteiger partial charge in [-0.25, -0.2) is 9.78 Å². The van der Waals surface area contributed by atoms with Crippen LogP contribution in [0.25, 0.3) is 22.2 Å². The van der Waals surface area contributed by atoms with Crippen LogP contribution in [0.3, 0.4) is 0 Å². The molecule has 0 radical (unpaired) electrons. The Balaban J connectivity index is 1.14. The number of esters is 1. The summed E-state index contributed by atoms with van der Waals surface area (Å²) in [4.78, 5) is 59.2. The molecule has 1 aliphatic heterocycles. The number of Topliss-reactive ketones (excluding diaryl/α,β-unsaturated/α-hetero) is 1. The molecule has 3 aromatic carbocycles. The van der Waals surface area contributed by atoms with E-state index in [0.717, 1.165) is 12.0 Å². The number of aryl methyl sites for hydroxylation is 1. The van der Waals surface area contributed by atoms with E-state index in [9.17, 15) is 19.2 Å². The highest BCUT2D eigenvalue weighted by atomic mass is 79.9. The van der Waals surface area contributed by atoms with Crippen molar-refractivity contribution < 1.29 is 23.9 Å². The number of hydrogen-bond acceptors (Lipinski definition) is 6. The molecule has 7 rings (SSSR count). The maximum atomic E-state index is 13.5. The van der Waals surface area contributed by atoms with Crippen molar-refractivity contribution in [2.75, 3.05) is 11.5 Å². The van der Waals surface area contributed by atoms with Crippen molar-refractivity contribution in [3.05, 3.63) is 95.6 Å². The lowest BCUT2D eigenvalue weighted by Crippen LogP contribution is -2.37. The zero-order chi connectivity index (χ0) is 30.0. The number of anilines is 1. The van der Waals surface area contributed by atoms with Gasteiger partial charge in [0.15, 0.2) is 12.4 Å². The number of aromatic nitrogens is 1. The molecule has 0 spiro atoms. The SMILES string of the molecule is Cc1ccc(C(=O)COC(=O)c2cc(-c3ccc(N4C(=O)C5C6CC(C(Br)C6Br)C5C4=O)cc3)nc3ccccc23)cc1. The van der Waals surface area contributed by atoms with E-state index in [4.69, 9.17) is 9.72 Å². The zero-order valence-corrected chi connectivity index (χ0v) is 26.2. The lowest BCUT2D eigenvalue weighted by atomic mass is 9.81. The minimum absolute atomic E-state index is 0.131. The maximum absolute atomic E-state index is 13.5. The number of nitrogens with zero attached hydrogens (tertiary/aromatic N) is 2. The summed E-state index contributed by atoms with van der Waals surface area (Å²) in [6.07, 6.45) is 0.879. The number of pyridine rings is 1. The van der Waals surface area contributed by atoms with Crippen LogP contribution in [-0.2, 0) is 14.3 Å². The first-order valence-electron chi connectivity index (χ1n) is 14.2. The van der Waals surface area contributed by atoms with E-state index in [0.29, 0.717) is 39.0 Å². The van der Waals surface area contributed by atoms with Gasteiger partial charge in [-0.3, -0.25) is 19.3 Å². The van der Waals surface area contributed by atoms with Crippen molar-refractivity contribution in [1.29, 1.82) is 0 Å². The third-order valence-electron chi connectivity index (χ3n) is 9.05. The van der Waals surface area contributed by atoms with Crippen LogP contribution in [0, 0.1) is 30.6 Å². The number of rotatable bonds is 6. The topological polar surface area (TPSA) is 93.6 Å². The Morgan fingerprint density at radius 1 is 0.884 bits per heavy atom. The molecule has 43 heavy (non-hydrogen) atoms. The third-order valence-corrected chi connectivity index (χ3v) is 12.3. The second-order valence-corrected chi connectivity index (χ2v) is 13.6. The molecular weight excluding hydrogens is 676 g/mol. The molecule has 7 nitrogen and oxygen atoms in total. The summed E-state index contributed by atoms with van der Waals surface area (Å²) < 4.78 is 5.45. The fourth-order valence-electron chi connectivity index (χ4n) is 6.91. The van der Waals surface area contributed by atoms with E-state index in [2.05, 4.69) is 31.9 Å². The summed E-state index contributed by atoms with van der Waals surface area (Å²) >= 11 is 7.47. The largest absolute Gasteiger partial charge is 0.454 e. The molecule has 3 fully saturated rings. The van der Waals surface area contributed by atoms with Crippen LogP contribution in [0.15, 0.2) is 78.9 Å². The predicted octanol–water partition coefficient (Wildman–Crippen LogP) is 6.53. The number of para-hydroxylation sites is 1. The van der Waals surface area contributed by atoms with Gasteiger partial charge in [-0.1, -0.05) is 92.0 Å². The second kappa shape index (κ2) is 10.8. The number of halogens is 2. The van der Waals surface area contributed by atoms with Crippen LogP contribution in [0.5, 0.6) is 0 Å². The van der Waals surface area contributed by atoms with Gasteiger partial charge in [-0.2, -0.15) is 0 Å². The Morgan fingerprint density at radius 3 is 2.16 bits per heavy atom. The minimum atomic E-state index is -0.624. The molecule has 9 heteroatoms. The van der Waals surface area contributed by atoms with Crippen LogP contribution in [-0.4, -0.2) is 44.8 Å². The van der Waals surface area contributed by atoms with Gasteiger partial charge < -0.3 is 4.74 Å². The Bertz CT molecular complexity index is 1770. The van der Waals surface area contributed by atoms with E-state index >= 15 is 0 Å². The van der Waals surface area contributed by atoms with E-state index in [1.54, 1.807) is 48.5 Å². The maximum Gasteiger partial charge on any atom is 0.339 e. The van der Waals surface area contributed by atoms with Gasteiger partial charge >= 0.3 is 5.97 Å². The van der Waals surface area contributed by atoms with Gasteiger partial charge in [0.2, 0.25) is 11.8 Å². The minimum Gasteiger partial charge on any atom is -0.454 e. The highest BCUT2D eigenvalue weighted by Crippen LogP contribution is 2.60. The molecule has 6 unspecified atom stereocenters. The molecule has 1 saturated heterocycles. The second-order valence-electron chi connectivity index (χ2n) is 11.5. The molecule has 4 aromatic rings. The van der Waals surface area contributed by atoms with Crippen molar-refractivity contribution in [3.8, 4) is 11.3 Å². The Labute approximate surface area is 264 Å². The van der Waals surface area contributed by atoms with Crippen LogP contribution in [0.4, 0.5) is 5.69 Å². The van der Waals surface area contributed by atoms with Crippen LogP contribution >= 0.6 is 31.9 Å². The molecule has 6 atom stereocenters. The average molecular weight is 702 g/mol. The summed E-state index contributed by atoms with van der Waals surface area (Å²) in [5, 5.41) is 0.611. The van der Waals surface area contributed by atoms with Crippen LogP contribution in [0.1, 0.15) is 32.7 Å². The fourth-order valence-corrected chi connectivity index (χ4v) is 8.78. The lowest BCUT2D eigenvalue weighted by molar-refractivity contribution is -0.123. The molecule has 1 aromatic heterocycles. The Hall–Kier alpha value is -3.69. The first-order valence-corrected chi connectivity index (χ1v) is 16.0. The molecule has 2 bridgehead atoms. The first kappa shape index (κ1) is 28.1. The smallest absolute Gasteiger partial charge is 0.339 e. The molecule has 0 N–H and O–H groups in total. The van der Waals surface area contributed by atoms with Gasteiger partial charge in [0.1, 0.15) is 0 Å². The van der Waals surface area contributed by atoms with Crippen molar-refractivity contribution in [3.63, 3.8) is 0 Å². The van der Waals surface area contributed by atoms with E-state index in [-0.39, 0.29) is 57.5 Å². The molecule has 2 amide bonds. The van der Waals surface area contributed by atoms with Gasteiger partial charge in [-0.05, 0) is 49.4 Å². The van der Waals surface area contributed by atoms with E-state index < -0.39 is 5.97 Å². The first-order chi connectivity index (χ1) is 20.7. The number of amides is 2. The number of ketones is 1. The highest BCUT2D eigenvalue weighted by molar-refractivity contribution is 9.12. The summed E-state index contributed by atoms with van der Waals surface area (Å²) in [6.45, 7) is 1.56. The highest BCUT2D eigenvalue weighted by Gasteiger charge is 2.66. The summed E-state index contributed by atoms with van der Waals surface area (Å²) in [5.41, 5.74) is 4.17. The average Bonchev–Trinajstić information content (AvgIpc) is 3.64.